The van der Waals surface area contributed by atoms with Gasteiger partial charge in [0.25, 0.3) is 10.0 Å². The molecule has 0 bridgehead atoms. The fourth-order valence-electron chi connectivity index (χ4n) is 3.89. The molecule has 3 aromatic carbocycles. The van der Waals surface area contributed by atoms with Crippen LogP contribution in [0.15, 0.2) is 77.7 Å². The average molecular weight is 590 g/mol. The smallest absolute Gasteiger partial charge is 0.264 e. The van der Waals surface area contributed by atoms with Gasteiger partial charge < -0.3 is 15.0 Å². The zero-order valence-corrected chi connectivity index (χ0v) is 24.4. The zero-order valence-electron chi connectivity index (χ0n) is 22.8. The molecule has 0 radical (unpaired) electrons. The summed E-state index contributed by atoms with van der Waals surface area (Å²) in [5.74, 6) is -1.11. The van der Waals surface area contributed by atoms with Gasteiger partial charge in [0.15, 0.2) is 0 Å². The SMILES string of the molecule is CC[C@H](C)NC(=O)[C@@H](C)N(Cc1cccc(Cl)c1)C(=O)CN(c1ccc(F)cc1)S(=O)(=O)c1ccc(OC)cc1. The number of rotatable bonds is 12. The minimum Gasteiger partial charge on any atom is -0.497 e. The summed E-state index contributed by atoms with van der Waals surface area (Å²) in [4.78, 5) is 28.2. The highest BCUT2D eigenvalue weighted by Gasteiger charge is 2.33. The molecule has 0 aliphatic carbocycles. The lowest BCUT2D eigenvalue weighted by Crippen LogP contribution is -2.52. The summed E-state index contributed by atoms with van der Waals surface area (Å²) in [5.41, 5.74) is 0.750. The molecule has 0 heterocycles. The number of halogens is 2. The Morgan fingerprint density at radius 2 is 1.68 bits per heavy atom. The van der Waals surface area contributed by atoms with Crippen molar-refractivity contribution in [2.24, 2.45) is 0 Å². The van der Waals surface area contributed by atoms with E-state index in [4.69, 9.17) is 16.3 Å². The highest BCUT2D eigenvalue weighted by molar-refractivity contribution is 7.92. The summed E-state index contributed by atoms with van der Waals surface area (Å²) < 4.78 is 47.3. The van der Waals surface area contributed by atoms with E-state index in [0.29, 0.717) is 22.8 Å². The Bertz CT molecular complexity index is 1420. The van der Waals surface area contributed by atoms with Crippen LogP contribution >= 0.6 is 11.6 Å². The van der Waals surface area contributed by atoms with Crippen molar-refractivity contribution in [2.75, 3.05) is 18.0 Å². The second-order valence-corrected chi connectivity index (χ2v) is 11.6. The van der Waals surface area contributed by atoms with Crippen molar-refractivity contribution in [3.8, 4) is 5.75 Å². The maximum Gasteiger partial charge on any atom is 0.264 e. The quantitative estimate of drug-likeness (QED) is 0.320. The third-order valence-electron chi connectivity index (χ3n) is 6.45. The number of hydrogen-bond donors (Lipinski definition) is 1. The van der Waals surface area contributed by atoms with Crippen LogP contribution in [-0.2, 0) is 26.2 Å². The summed E-state index contributed by atoms with van der Waals surface area (Å²) >= 11 is 6.15. The van der Waals surface area contributed by atoms with Crippen LogP contribution in [0.4, 0.5) is 10.1 Å². The van der Waals surface area contributed by atoms with Gasteiger partial charge in [0.2, 0.25) is 11.8 Å². The van der Waals surface area contributed by atoms with Crippen LogP contribution < -0.4 is 14.4 Å². The summed E-state index contributed by atoms with van der Waals surface area (Å²) in [7, 11) is -2.82. The van der Waals surface area contributed by atoms with E-state index in [9.17, 15) is 22.4 Å². The lowest BCUT2D eigenvalue weighted by Gasteiger charge is -2.32. The first-order valence-corrected chi connectivity index (χ1v) is 14.5. The Morgan fingerprint density at radius 1 is 1.02 bits per heavy atom. The first kappa shape index (κ1) is 30.9. The molecule has 2 amide bonds. The van der Waals surface area contributed by atoms with Crippen LogP contribution in [0.2, 0.25) is 5.02 Å². The van der Waals surface area contributed by atoms with Crippen LogP contribution in [0.1, 0.15) is 32.8 Å². The molecule has 0 aliphatic heterocycles. The summed E-state index contributed by atoms with van der Waals surface area (Å²) in [6.07, 6.45) is 0.694. The Balaban J connectivity index is 2.02. The van der Waals surface area contributed by atoms with E-state index in [2.05, 4.69) is 5.32 Å². The Labute approximate surface area is 239 Å². The number of nitrogens with zero attached hydrogens (tertiary/aromatic N) is 2. The number of carbonyl (C=O) groups excluding carboxylic acids is 2. The number of nitrogens with one attached hydrogen (secondary N) is 1. The van der Waals surface area contributed by atoms with Crippen molar-refractivity contribution in [1.82, 2.24) is 10.2 Å². The van der Waals surface area contributed by atoms with Crippen molar-refractivity contribution in [1.29, 1.82) is 0 Å². The molecule has 2 atom stereocenters. The number of anilines is 1. The van der Waals surface area contributed by atoms with Gasteiger partial charge in [0.1, 0.15) is 24.2 Å². The van der Waals surface area contributed by atoms with Crippen LogP contribution in [-0.4, -0.2) is 50.9 Å². The number of benzene rings is 3. The van der Waals surface area contributed by atoms with Gasteiger partial charge in [-0.15, -0.1) is 0 Å². The fourth-order valence-corrected chi connectivity index (χ4v) is 5.52. The summed E-state index contributed by atoms with van der Waals surface area (Å²) in [6.45, 7) is 4.73. The highest BCUT2D eigenvalue weighted by Crippen LogP contribution is 2.26. The minimum absolute atomic E-state index is 0.00826. The van der Waals surface area contributed by atoms with Gasteiger partial charge in [-0.05, 0) is 86.5 Å². The highest BCUT2D eigenvalue weighted by atomic mass is 35.5. The predicted octanol–water partition coefficient (Wildman–Crippen LogP) is 5.02. The van der Waals surface area contributed by atoms with E-state index in [1.54, 1.807) is 31.2 Å². The van der Waals surface area contributed by atoms with Gasteiger partial charge in [0, 0.05) is 17.6 Å². The molecule has 3 rings (SSSR count). The molecule has 0 aliphatic rings. The maximum atomic E-state index is 13.9. The Kier molecular flexibility index (Phi) is 10.5. The normalized spacial score (nSPS) is 12.8. The van der Waals surface area contributed by atoms with Crippen molar-refractivity contribution < 1.29 is 27.1 Å². The van der Waals surface area contributed by atoms with Crippen molar-refractivity contribution in [2.45, 2.75) is 50.7 Å². The summed E-state index contributed by atoms with van der Waals surface area (Å²) in [6, 6.07) is 16.3. The molecule has 0 aromatic heterocycles. The molecule has 11 heteroatoms. The molecular weight excluding hydrogens is 557 g/mol. The van der Waals surface area contributed by atoms with Gasteiger partial charge in [0.05, 0.1) is 17.7 Å². The molecule has 1 N–H and O–H groups in total. The number of hydrogen-bond acceptors (Lipinski definition) is 5. The Hall–Kier alpha value is -3.63. The molecule has 214 valence electrons. The molecule has 0 unspecified atom stereocenters. The predicted molar refractivity (Wildman–Crippen MR) is 153 cm³/mol. The first-order chi connectivity index (χ1) is 19.0. The minimum atomic E-state index is -4.28. The number of carbonyl (C=O) groups is 2. The fraction of sp³-hybridized carbons (Fsp3) is 0.310. The van der Waals surface area contributed by atoms with E-state index in [1.807, 2.05) is 13.8 Å². The number of ether oxygens (including phenoxy) is 1. The van der Waals surface area contributed by atoms with E-state index < -0.39 is 34.3 Å². The van der Waals surface area contributed by atoms with E-state index in [0.717, 1.165) is 16.4 Å². The summed E-state index contributed by atoms with van der Waals surface area (Å²) in [5, 5.41) is 3.33. The van der Waals surface area contributed by atoms with Gasteiger partial charge in [-0.25, -0.2) is 12.8 Å². The second-order valence-electron chi connectivity index (χ2n) is 9.31. The maximum absolute atomic E-state index is 13.9. The number of methoxy groups -OCH3 is 1. The lowest BCUT2D eigenvalue weighted by atomic mass is 10.1. The molecule has 3 aromatic rings. The lowest BCUT2D eigenvalue weighted by molar-refractivity contribution is -0.139. The van der Waals surface area contributed by atoms with Gasteiger partial charge in [-0.3, -0.25) is 13.9 Å². The molecule has 0 fully saturated rings. The van der Waals surface area contributed by atoms with Crippen molar-refractivity contribution in [3.05, 3.63) is 89.2 Å². The van der Waals surface area contributed by atoms with E-state index >= 15 is 0 Å². The van der Waals surface area contributed by atoms with Gasteiger partial charge in [-0.2, -0.15) is 0 Å². The monoisotopic (exact) mass is 589 g/mol. The second kappa shape index (κ2) is 13.6. The van der Waals surface area contributed by atoms with Crippen molar-refractivity contribution >= 4 is 39.1 Å². The molecule has 8 nitrogen and oxygen atoms in total. The number of amides is 2. The first-order valence-electron chi connectivity index (χ1n) is 12.7. The number of sulfonamides is 1. The van der Waals surface area contributed by atoms with Crippen molar-refractivity contribution in [3.63, 3.8) is 0 Å². The molecule has 0 spiro atoms. The van der Waals surface area contributed by atoms with Gasteiger partial charge in [-0.1, -0.05) is 30.7 Å². The van der Waals surface area contributed by atoms with Gasteiger partial charge >= 0.3 is 0 Å². The standard InChI is InChI=1S/C29H33ClFN3O5S/c1-5-20(2)32-29(36)21(3)33(18-22-7-6-8-23(30)17-22)28(35)19-34(25-11-9-24(31)10-12-25)40(37,38)27-15-13-26(39-4)14-16-27/h6-17,20-21H,5,18-19H2,1-4H3,(H,32,36)/t20-,21+/m0/s1. The topological polar surface area (TPSA) is 96.0 Å². The Morgan fingerprint density at radius 3 is 2.25 bits per heavy atom. The van der Waals surface area contributed by atoms with Crippen LogP contribution in [0.3, 0.4) is 0 Å². The average Bonchev–Trinajstić information content (AvgIpc) is 2.94. The third-order valence-corrected chi connectivity index (χ3v) is 8.47. The van der Waals surface area contributed by atoms with Crippen LogP contribution in [0.5, 0.6) is 5.75 Å². The zero-order chi connectivity index (χ0) is 29.4. The largest absolute Gasteiger partial charge is 0.497 e. The molecular formula is C29H33ClFN3O5S. The van der Waals surface area contributed by atoms with E-state index in [-0.39, 0.29) is 29.1 Å². The molecule has 40 heavy (non-hydrogen) atoms. The molecule has 0 saturated carbocycles. The van der Waals surface area contributed by atoms with Crippen LogP contribution in [0.25, 0.3) is 0 Å². The molecule has 0 saturated heterocycles. The van der Waals surface area contributed by atoms with Crippen LogP contribution in [0, 0.1) is 5.82 Å². The third kappa shape index (κ3) is 7.73. The van der Waals surface area contributed by atoms with E-state index in [1.165, 1.54) is 48.4 Å².